The number of rotatable bonds is 8. The number of aryl methyl sites for hydroxylation is 2. The number of carbonyl (C=O) groups is 1. The molecule has 0 aliphatic heterocycles. The summed E-state index contributed by atoms with van der Waals surface area (Å²) < 4.78 is 7.66. The number of anilines is 2. The van der Waals surface area contributed by atoms with E-state index in [0.717, 1.165) is 46.8 Å². The molecule has 0 saturated heterocycles. The minimum atomic E-state index is -0.288. The van der Waals surface area contributed by atoms with Crippen molar-refractivity contribution in [1.82, 2.24) is 9.55 Å². The van der Waals surface area contributed by atoms with Crippen LogP contribution in [0.3, 0.4) is 0 Å². The van der Waals surface area contributed by atoms with Gasteiger partial charge >= 0.3 is 6.03 Å². The fraction of sp³-hybridized carbons (Fsp3) is 0.133. The van der Waals surface area contributed by atoms with Crippen molar-refractivity contribution in [3.05, 3.63) is 115 Å². The SMILES string of the molecule is CCOc1ccc(NC(=O)Nc2ccc(CCc3nc4ccccc4n3-c3ccccc3)cc2)cc1. The number of carbonyl (C=O) groups excluding carboxylic acids is 1. The quantitative estimate of drug-likeness (QED) is 0.257. The predicted molar refractivity (Wildman–Crippen MR) is 145 cm³/mol. The summed E-state index contributed by atoms with van der Waals surface area (Å²) in [5.74, 6) is 1.80. The molecule has 0 saturated carbocycles. The molecule has 4 aromatic carbocycles. The van der Waals surface area contributed by atoms with Crippen molar-refractivity contribution >= 4 is 28.4 Å². The van der Waals surface area contributed by atoms with Gasteiger partial charge in [-0.05, 0) is 79.6 Å². The molecule has 0 spiro atoms. The summed E-state index contributed by atoms with van der Waals surface area (Å²) in [4.78, 5) is 17.3. The minimum Gasteiger partial charge on any atom is -0.494 e. The van der Waals surface area contributed by atoms with Crippen LogP contribution in [0.4, 0.5) is 16.2 Å². The largest absolute Gasteiger partial charge is 0.494 e. The van der Waals surface area contributed by atoms with Gasteiger partial charge in [0.1, 0.15) is 11.6 Å². The first-order chi connectivity index (χ1) is 17.7. The third-order valence-electron chi connectivity index (χ3n) is 5.92. The molecule has 5 aromatic rings. The Kier molecular flexibility index (Phi) is 6.94. The van der Waals surface area contributed by atoms with Gasteiger partial charge in [-0.15, -0.1) is 0 Å². The lowest BCUT2D eigenvalue weighted by molar-refractivity contribution is 0.262. The van der Waals surface area contributed by atoms with Gasteiger partial charge in [0.05, 0.1) is 17.6 Å². The third kappa shape index (κ3) is 5.39. The average Bonchev–Trinajstić information content (AvgIpc) is 3.28. The number of imidazole rings is 1. The van der Waals surface area contributed by atoms with Crippen LogP contribution in [-0.4, -0.2) is 22.2 Å². The Balaban J connectivity index is 1.23. The molecule has 1 heterocycles. The molecule has 0 atom stereocenters. The molecule has 6 heteroatoms. The van der Waals surface area contributed by atoms with Crippen LogP contribution in [0.1, 0.15) is 18.3 Å². The van der Waals surface area contributed by atoms with Gasteiger partial charge in [-0.1, -0.05) is 42.5 Å². The fourth-order valence-electron chi connectivity index (χ4n) is 4.21. The first-order valence-corrected chi connectivity index (χ1v) is 12.1. The van der Waals surface area contributed by atoms with Crippen LogP contribution in [0.5, 0.6) is 5.75 Å². The lowest BCUT2D eigenvalue weighted by Gasteiger charge is -2.10. The number of hydrogen-bond donors (Lipinski definition) is 2. The Morgan fingerprint density at radius 1 is 0.778 bits per heavy atom. The van der Waals surface area contributed by atoms with Crippen LogP contribution in [0.25, 0.3) is 16.7 Å². The Labute approximate surface area is 210 Å². The van der Waals surface area contributed by atoms with Gasteiger partial charge in [0.25, 0.3) is 0 Å². The van der Waals surface area contributed by atoms with Crippen LogP contribution in [0.15, 0.2) is 103 Å². The van der Waals surface area contributed by atoms with Crippen LogP contribution >= 0.6 is 0 Å². The second-order valence-corrected chi connectivity index (χ2v) is 8.42. The van der Waals surface area contributed by atoms with Gasteiger partial charge in [-0.2, -0.15) is 0 Å². The van der Waals surface area contributed by atoms with E-state index in [0.29, 0.717) is 12.3 Å². The number of fused-ring (bicyclic) bond motifs is 1. The Morgan fingerprint density at radius 3 is 2.11 bits per heavy atom. The molecular weight excluding hydrogens is 448 g/mol. The van der Waals surface area contributed by atoms with Gasteiger partial charge < -0.3 is 15.4 Å². The van der Waals surface area contributed by atoms with Crippen LogP contribution in [0, 0.1) is 0 Å². The van der Waals surface area contributed by atoms with E-state index in [1.165, 1.54) is 5.56 Å². The lowest BCUT2D eigenvalue weighted by atomic mass is 10.1. The van der Waals surface area contributed by atoms with Crippen LogP contribution in [-0.2, 0) is 12.8 Å². The normalized spacial score (nSPS) is 10.8. The number of ether oxygens (including phenoxy) is 1. The number of amides is 2. The van der Waals surface area contributed by atoms with Gasteiger partial charge in [0.15, 0.2) is 0 Å². The molecule has 2 amide bonds. The highest BCUT2D eigenvalue weighted by molar-refractivity contribution is 5.99. The number of para-hydroxylation sites is 3. The first kappa shape index (κ1) is 23.2. The number of nitrogens with one attached hydrogen (secondary N) is 2. The molecule has 0 unspecified atom stereocenters. The zero-order valence-corrected chi connectivity index (χ0v) is 20.1. The molecule has 1 aromatic heterocycles. The second kappa shape index (κ2) is 10.8. The summed E-state index contributed by atoms with van der Waals surface area (Å²) in [6.45, 7) is 2.54. The summed E-state index contributed by atoms with van der Waals surface area (Å²) in [5.41, 5.74) is 5.83. The van der Waals surface area contributed by atoms with E-state index in [9.17, 15) is 4.79 Å². The van der Waals surface area contributed by atoms with Gasteiger partial charge in [-0.25, -0.2) is 9.78 Å². The minimum absolute atomic E-state index is 0.288. The number of nitrogens with zero attached hydrogens (tertiary/aromatic N) is 2. The maximum Gasteiger partial charge on any atom is 0.323 e. The fourth-order valence-corrected chi connectivity index (χ4v) is 4.21. The molecule has 0 aliphatic carbocycles. The summed E-state index contributed by atoms with van der Waals surface area (Å²) in [5, 5.41) is 5.72. The van der Waals surface area contributed by atoms with Gasteiger partial charge in [0, 0.05) is 23.5 Å². The van der Waals surface area contributed by atoms with Crippen molar-refractivity contribution in [3.63, 3.8) is 0 Å². The average molecular weight is 477 g/mol. The molecule has 5 rings (SSSR count). The van der Waals surface area contributed by atoms with Crippen molar-refractivity contribution in [2.24, 2.45) is 0 Å². The molecule has 6 nitrogen and oxygen atoms in total. The maximum atomic E-state index is 12.4. The van der Waals surface area contributed by atoms with Gasteiger partial charge in [-0.3, -0.25) is 4.57 Å². The zero-order chi connectivity index (χ0) is 24.7. The summed E-state index contributed by atoms with van der Waals surface area (Å²) >= 11 is 0. The number of benzene rings is 4. The molecule has 0 bridgehead atoms. The van der Waals surface area contributed by atoms with Crippen molar-refractivity contribution in [3.8, 4) is 11.4 Å². The Hall–Kier alpha value is -4.58. The van der Waals surface area contributed by atoms with Crippen molar-refractivity contribution < 1.29 is 9.53 Å². The number of aromatic nitrogens is 2. The monoisotopic (exact) mass is 476 g/mol. The number of hydrogen-bond acceptors (Lipinski definition) is 3. The molecule has 0 radical (unpaired) electrons. The highest BCUT2D eigenvalue weighted by atomic mass is 16.5. The van der Waals surface area contributed by atoms with E-state index < -0.39 is 0 Å². The molecule has 36 heavy (non-hydrogen) atoms. The molecule has 0 fully saturated rings. The van der Waals surface area contributed by atoms with Gasteiger partial charge in [0.2, 0.25) is 0 Å². The maximum absolute atomic E-state index is 12.4. The van der Waals surface area contributed by atoms with Crippen molar-refractivity contribution in [2.75, 3.05) is 17.2 Å². The van der Waals surface area contributed by atoms with E-state index in [-0.39, 0.29) is 6.03 Å². The topological polar surface area (TPSA) is 68.2 Å². The standard InChI is InChI=1S/C30H28N4O2/c1-2-36-26-19-17-24(18-20-26)32-30(35)31-23-15-12-22(13-16-23)14-21-29-33-27-10-6-7-11-28(27)34(29)25-8-4-3-5-9-25/h3-13,15-20H,2,14,21H2,1H3,(H2,31,32,35). The van der Waals surface area contributed by atoms with E-state index in [4.69, 9.17) is 9.72 Å². The van der Waals surface area contributed by atoms with E-state index >= 15 is 0 Å². The summed E-state index contributed by atoms with van der Waals surface area (Å²) in [6, 6.07) is 33.5. The predicted octanol–water partition coefficient (Wildman–Crippen LogP) is 6.85. The lowest BCUT2D eigenvalue weighted by Crippen LogP contribution is -2.19. The number of urea groups is 1. The molecule has 2 N–H and O–H groups in total. The summed E-state index contributed by atoms with van der Waals surface area (Å²) in [7, 11) is 0. The van der Waals surface area contributed by atoms with E-state index in [1.54, 1.807) is 0 Å². The van der Waals surface area contributed by atoms with E-state index in [1.807, 2.05) is 85.8 Å². The highest BCUT2D eigenvalue weighted by Crippen LogP contribution is 2.23. The molecular formula is C30H28N4O2. The van der Waals surface area contributed by atoms with Crippen LogP contribution in [0.2, 0.25) is 0 Å². The van der Waals surface area contributed by atoms with Crippen LogP contribution < -0.4 is 15.4 Å². The zero-order valence-electron chi connectivity index (χ0n) is 20.1. The highest BCUT2D eigenvalue weighted by Gasteiger charge is 2.12. The smallest absolute Gasteiger partial charge is 0.323 e. The summed E-state index contributed by atoms with van der Waals surface area (Å²) in [6.07, 6.45) is 1.64. The van der Waals surface area contributed by atoms with Crippen molar-refractivity contribution in [1.29, 1.82) is 0 Å². The Bertz CT molecular complexity index is 1440. The first-order valence-electron chi connectivity index (χ1n) is 12.1. The van der Waals surface area contributed by atoms with E-state index in [2.05, 4.69) is 39.5 Å². The second-order valence-electron chi connectivity index (χ2n) is 8.42. The molecule has 180 valence electrons. The molecule has 0 aliphatic rings. The Morgan fingerprint density at radius 2 is 1.42 bits per heavy atom. The van der Waals surface area contributed by atoms with Crippen molar-refractivity contribution in [2.45, 2.75) is 19.8 Å². The third-order valence-corrected chi connectivity index (χ3v) is 5.92.